The molecule has 1 aromatic carbocycles. The van der Waals surface area contributed by atoms with Crippen LogP contribution in [0.5, 0.6) is 0 Å². The molecule has 1 aliphatic heterocycles. The Morgan fingerprint density at radius 2 is 1.71 bits per heavy atom. The van der Waals surface area contributed by atoms with Crippen molar-refractivity contribution in [2.45, 2.75) is 13.8 Å². The predicted molar refractivity (Wildman–Crippen MR) is 98.4 cm³/mol. The topological polar surface area (TPSA) is 65.1 Å². The number of nitrogens with zero attached hydrogens (tertiary/aromatic N) is 4. The van der Waals surface area contributed by atoms with Crippen LogP contribution in [0.3, 0.4) is 0 Å². The summed E-state index contributed by atoms with van der Waals surface area (Å²) in [6.07, 6.45) is 0. The first kappa shape index (κ1) is 15.1. The second kappa shape index (κ2) is 5.90. The van der Waals surface area contributed by atoms with E-state index in [1.54, 1.807) is 17.4 Å². The number of piperazine rings is 1. The highest BCUT2D eigenvalue weighted by Crippen LogP contribution is 2.33. The zero-order valence-corrected chi connectivity index (χ0v) is 14.6. The van der Waals surface area contributed by atoms with E-state index in [-0.39, 0.29) is 5.56 Å². The molecule has 0 aliphatic carbocycles. The molecule has 4 rings (SSSR count). The van der Waals surface area contributed by atoms with E-state index in [0.29, 0.717) is 0 Å². The lowest BCUT2D eigenvalue weighted by atomic mass is 10.1. The Morgan fingerprint density at radius 3 is 2.38 bits per heavy atom. The minimum atomic E-state index is -0.169. The van der Waals surface area contributed by atoms with Crippen LogP contribution in [-0.2, 0) is 0 Å². The van der Waals surface area contributed by atoms with Gasteiger partial charge in [0.2, 0.25) is 0 Å². The molecule has 24 heavy (non-hydrogen) atoms. The normalized spacial score (nSPS) is 15.2. The molecule has 2 aromatic heterocycles. The van der Waals surface area contributed by atoms with Gasteiger partial charge in [-0.25, -0.2) is 10.1 Å². The molecule has 0 bridgehead atoms. The molecule has 1 N–H and O–H groups in total. The SMILES string of the molecule is Cc1ccc(C)c2sc(N3CCN(c4ccc(=O)[nH]n4)CC3)nc12. The van der Waals surface area contributed by atoms with Crippen LogP contribution in [0.2, 0.25) is 0 Å². The number of nitrogens with one attached hydrogen (secondary N) is 1. The minimum Gasteiger partial charge on any atom is -0.352 e. The van der Waals surface area contributed by atoms with Gasteiger partial charge in [0.1, 0.15) is 5.82 Å². The number of hydrogen-bond acceptors (Lipinski definition) is 6. The quantitative estimate of drug-likeness (QED) is 0.775. The summed E-state index contributed by atoms with van der Waals surface area (Å²) in [5, 5.41) is 7.71. The smallest absolute Gasteiger partial charge is 0.264 e. The summed E-state index contributed by atoms with van der Waals surface area (Å²) < 4.78 is 1.29. The van der Waals surface area contributed by atoms with E-state index in [0.717, 1.165) is 42.6 Å². The number of fused-ring (bicyclic) bond motifs is 1. The van der Waals surface area contributed by atoms with Crippen molar-refractivity contribution in [1.29, 1.82) is 0 Å². The van der Waals surface area contributed by atoms with Gasteiger partial charge in [0, 0.05) is 32.2 Å². The largest absolute Gasteiger partial charge is 0.352 e. The monoisotopic (exact) mass is 341 g/mol. The summed E-state index contributed by atoms with van der Waals surface area (Å²) in [6, 6.07) is 7.60. The fraction of sp³-hybridized carbons (Fsp3) is 0.353. The predicted octanol–water partition coefficient (Wildman–Crippen LogP) is 2.32. The molecule has 1 aliphatic rings. The highest BCUT2D eigenvalue weighted by molar-refractivity contribution is 7.22. The molecule has 0 saturated carbocycles. The first-order chi connectivity index (χ1) is 11.6. The second-order valence-corrected chi connectivity index (χ2v) is 7.10. The van der Waals surface area contributed by atoms with E-state index in [2.05, 4.69) is 46.0 Å². The molecular weight excluding hydrogens is 322 g/mol. The number of hydrogen-bond donors (Lipinski definition) is 1. The van der Waals surface area contributed by atoms with E-state index in [4.69, 9.17) is 4.98 Å². The van der Waals surface area contributed by atoms with Crippen molar-refractivity contribution in [2.24, 2.45) is 0 Å². The number of H-pyrrole nitrogens is 1. The van der Waals surface area contributed by atoms with Gasteiger partial charge in [0.05, 0.1) is 10.2 Å². The number of rotatable bonds is 2. The van der Waals surface area contributed by atoms with E-state index >= 15 is 0 Å². The van der Waals surface area contributed by atoms with Crippen molar-refractivity contribution < 1.29 is 0 Å². The molecular formula is C17H19N5OS. The van der Waals surface area contributed by atoms with Gasteiger partial charge in [-0.15, -0.1) is 0 Å². The van der Waals surface area contributed by atoms with Gasteiger partial charge in [-0.1, -0.05) is 23.5 Å². The van der Waals surface area contributed by atoms with Crippen LogP contribution >= 0.6 is 11.3 Å². The van der Waals surface area contributed by atoms with E-state index < -0.39 is 0 Å². The fourth-order valence-electron chi connectivity index (χ4n) is 3.02. The van der Waals surface area contributed by atoms with Crippen molar-refractivity contribution in [1.82, 2.24) is 15.2 Å². The molecule has 124 valence electrons. The third-order valence-electron chi connectivity index (χ3n) is 4.47. The Morgan fingerprint density at radius 1 is 1.00 bits per heavy atom. The second-order valence-electron chi connectivity index (χ2n) is 6.13. The maximum atomic E-state index is 11.1. The van der Waals surface area contributed by atoms with Gasteiger partial charge in [0.15, 0.2) is 5.13 Å². The number of aryl methyl sites for hydroxylation is 2. The van der Waals surface area contributed by atoms with Crippen LogP contribution in [0.15, 0.2) is 29.1 Å². The van der Waals surface area contributed by atoms with Crippen LogP contribution in [-0.4, -0.2) is 41.4 Å². The number of anilines is 2. The zero-order chi connectivity index (χ0) is 16.7. The lowest BCUT2D eigenvalue weighted by Gasteiger charge is -2.34. The molecule has 0 atom stereocenters. The van der Waals surface area contributed by atoms with E-state index in [9.17, 15) is 4.79 Å². The van der Waals surface area contributed by atoms with Crippen molar-refractivity contribution in [3.63, 3.8) is 0 Å². The minimum absolute atomic E-state index is 0.169. The van der Waals surface area contributed by atoms with Gasteiger partial charge >= 0.3 is 0 Å². The van der Waals surface area contributed by atoms with Crippen LogP contribution in [0.1, 0.15) is 11.1 Å². The Bertz CT molecular complexity index is 880. The highest BCUT2D eigenvalue weighted by atomic mass is 32.1. The van der Waals surface area contributed by atoms with Gasteiger partial charge in [0.25, 0.3) is 5.56 Å². The number of thiazole rings is 1. The molecule has 3 heterocycles. The summed E-state index contributed by atoms with van der Waals surface area (Å²) in [5.74, 6) is 0.824. The number of benzene rings is 1. The molecule has 0 radical (unpaired) electrons. The molecule has 0 unspecified atom stereocenters. The fourth-order valence-corrected chi connectivity index (χ4v) is 4.19. The molecule has 0 amide bonds. The lowest BCUT2D eigenvalue weighted by Crippen LogP contribution is -2.47. The van der Waals surface area contributed by atoms with Crippen molar-refractivity contribution >= 4 is 32.5 Å². The van der Waals surface area contributed by atoms with E-state index in [1.807, 2.05) is 0 Å². The Hall–Kier alpha value is -2.41. The van der Waals surface area contributed by atoms with Crippen molar-refractivity contribution in [3.05, 3.63) is 45.7 Å². The van der Waals surface area contributed by atoms with Crippen LogP contribution < -0.4 is 15.4 Å². The van der Waals surface area contributed by atoms with Gasteiger partial charge in [-0.2, -0.15) is 5.10 Å². The summed E-state index contributed by atoms with van der Waals surface area (Å²) in [7, 11) is 0. The van der Waals surface area contributed by atoms with Crippen LogP contribution in [0, 0.1) is 13.8 Å². The van der Waals surface area contributed by atoms with Crippen molar-refractivity contribution in [3.8, 4) is 0 Å². The van der Waals surface area contributed by atoms with Crippen LogP contribution in [0.4, 0.5) is 10.9 Å². The van der Waals surface area contributed by atoms with Crippen LogP contribution in [0.25, 0.3) is 10.2 Å². The summed E-state index contributed by atoms with van der Waals surface area (Å²) in [6.45, 7) is 7.80. The number of aromatic amines is 1. The zero-order valence-electron chi connectivity index (χ0n) is 13.7. The molecule has 1 fully saturated rings. The Balaban J connectivity index is 1.53. The molecule has 7 heteroatoms. The maximum Gasteiger partial charge on any atom is 0.264 e. The van der Waals surface area contributed by atoms with Gasteiger partial charge in [-0.05, 0) is 31.0 Å². The van der Waals surface area contributed by atoms with E-state index in [1.165, 1.54) is 21.9 Å². The van der Waals surface area contributed by atoms with Gasteiger partial charge < -0.3 is 9.80 Å². The number of aromatic nitrogens is 3. The average Bonchev–Trinajstić information content (AvgIpc) is 3.06. The summed E-state index contributed by atoms with van der Waals surface area (Å²) in [5.41, 5.74) is 3.47. The first-order valence-corrected chi connectivity index (χ1v) is 8.86. The summed E-state index contributed by atoms with van der Waals surface area (Å²) >= 11 is 1.78. The highest BCUT2D eigenvalue weighted by Gasteiger charge is 2.21. The Labute approximate surface area is 143 Å². The van der Waals surface area contributed by atoms with Gasteiger partial charge in [-0.3, -0.25) is 4.79 Å². The standard InChI is InChI=1S/C17H19N5OS/c1-11-3-4-12(2)16-15(11)18-17(24-16)22-9-7-21(8-10-22)13-5-6-14(23)20-19-13/h3-6H,7-10H2,1-2H3,(H,20,23). The van der Waals surface area contributed by atoms with Crippen molar-refractivity contribution in [2.75, 3.05) is 36.0 Å². The maximum absolute atomic E-state index is 11.1. The average molecular weight is 341 g/mol. The molecule has 6 nitrogen and oxygen atoms in total. The lowest BCUT2D eigenvalue weighted by molar-refractivity contribution is 0.642. The molecule has 1 saturated heterocycles. The third kappa shape index (κ3) is 2.65. The molecule has 0 spiro atoms. The third-order valence-corrected chi connectivity index (χ3v) is 5.72. The first-order valence-electron chi connectivity index (χ1n) is 8.04. The molecule has 3 aromatic rings. The summed E-state index contributed by atoms with van der Waals surface area (Å²) in [4.78, 5) is 20.5. The Kier molecular flexibility index (Phi) is 3.72.